The highest BCUT2D eigenvalue weighted by Gasteiger charge is 2.08. The minimum Gasteiger partial charge on any atom is -0.369 e. The molecule has 0 radical (unpaired) electrons. The van der Waals surface area contributed by atoms with Crippen molar-refractivity contribution in [3.05, 3.63) is 48.8 Å². The van der Waals surface area contributed by atoms with Crippen LogP contribution in [0.15, 0.2) is 48.8 Å². The molecule has 3 rings (SSSR count). The zero-order chi connectivity index (χ0) is 16.1. The van der Waals surface area contributed by atoms with Gasteiger partial charge in [-0.05, 0) is 51.3 Å². The largest absolute Gasteiger partial charge is 0.369 e. The molecule has 1 N–H and O–H groups in total. The molecule has 5 nitrogen and oxygen atoms in total. The van der Waals surface area contributed by atoms with E-state index in [4.69, 9.17) is 4.98 Å². The maximum Gasteiger partial charge on any atom is 0.162 e. The number of para-hydroxylation sites is 1. The molecule has 2 aromatic heterocycles. The quantitative estimate of drug-likeness (QED) is 0.709. The highest BCUT2D eigenvalue weighted by Crippen LogP contribution is 2.24. The summed E-state index contributed by atoms with van der Waals surface area (Å²) in [6.07, 6.45) is 4.59. The lowest BCUT2D eigenvalue weighted by molar-refractivity contribution is 0.405. The summed E-state index contributed by atoms with van der Waals surface area (Å²) in [4.78, 5) is 15.6. The number of benzene rings is 1. The van der Waals surface area contributed by atoms with Crippen molar-refractivity contribution in [2.75, 3.05) is 32.5 Å². The molecule has 118 valence electrons. The second-order valence-electron chi connectivity index (χ2n) is 5.73. The van der Waals surface area contributed by atoms with Gasteiger partial charge in [0.25, 0.3) is 0 Å². The predicted octanol–water partition coefficient (Wildman–Crippen LogP) is 3.06. The van der Waals surface area contributed by atoms with Crippen LogP contribution in [0.1, 0.15) is 6.42 Å². The number of nitrogens with zero attached hydrogens (tertiary/aromatic N) is 4. The number of hydrogen-bond donors (Lipinski definition) is 1. The molecule has 0 atom stereocenters. The Hall–Kier alpha value is -2.53. The van der Waals surface area contributed by atoms with E-state index in [0.29, 0.717) is 0 Å². The number of rotatable bonds is 6. The van der Waals surface area contributed by atoms with Crippen molar-refractivity contribution in [1.29, 1.82) is 0 Å². The molecule has 0 spiro atoms. The standard InChI is InChI=1S/C18H21N5/c1-23(2)13-5-10-20-18-15-6-3-4-7-16(15)21-17(22-18)14-8-11-19-12-9-14/h3-4,6-9,11-12H,5,10,13H2,1-2H3,(H,20,21,22). The molecule has 0 bridgehead atoms. The van der Waals surface area contributed by atoms with Crippen LogP contribution in [-0.2, 0) is 0 Å². The van der Waals surface area contributed by atoms with Gasteiger partial charge in [-0.3, -0.25) is 4.98 Å². The van der Waals surface area contributed by atoms with Crippen LogP contribution in [0.2, 0.25) is 0 Å². The number of hydrogen-bond acceptors (Lipinski definition) is 5. The third-order valence-electron chi connectivity index (χ3n) is 3.62. The third-order valence-corrected chi connectivity index (χ3v) is 3.62. The number of fused-ring (bicyclic) bond motifs is 1. The Morgan fingerprint density at radius 3 is 2.57 bits per heavy atom. The summed E-state index contributed by atoms with van der Waals surface area (Å²) in [6, 6.07) is 12.0. The molecular formula is C18H21N5. The Bertz CT molecular complexity index is 771. The van der Waals surface area contributed by atoms with Crippen molar-refractivity contribution < 1.29 is 0 Å². The van der Waals surface area contributed by atoms with E-state index >= 15 is 0 Å². The fourth-order valence-corrected chi connectivity index (χ4v) is 2.44. The molecule has 0 fully saturated rings. The van der Waals surface area contributed by atoms with Crippen LogP contribution in [0.4, 0.5) is 5.82 Å². The van der Waals surface area contributed by atoms with Gasteiger partial charge in [0.1, 0.15) is 5.82 Å². The normalized spacial score (nSPS) is 11.1. The number of pyridine rings is 1. The SMILES string of the molecule is CN(C)CCCNc1nc(-c2ccncc2)nc2ccccc12. The molecule has 23 heavy (non-hydrogen) atoms. The average Bonchev–Trinajstić information content (AvgIpc) is 2.59. The lowest BCUT2D eigenvalue weighted by atomic mass is 10.2. The first kappa shape index (κ1) is 15.4. The monoisotopic (exact) mass is 307 g/mol. The van der Waals surface area contributed by atoms with Crippen LogP contribution in [0.3, 0.4) is 0 Å². The van der Waals surface area contributed by atoms with Crippen molar-refractivity contribution in [2.24, 2.45) is 0 Å². The van der Waals surface area contributed by atoms with Crippen molar-refractivity contribution >= 4 is 16.7 Å². The van der Waals surface area contributed by atoms with E-state index in [1.807, 2.05) is 30.3 Å². The first-order chi connectivity index (χ1) is 11.2. The van der Waals surface area contributed by atoms with E-state index in [1.165, 1.54) is 0 Å². The Balaban J connectivity index is 1.91. The summed E-state index contributed by atoms with van der Waals surface area (Å²) >= 11 is 0. The van der Waals surface area contributed by atoms with Crippen molar-refractivity contribution in [1.82, 2.24) is 19.9 Å². The van der Waals surface area contributed by atoms with Crippen LogP contribution in [0.25, 0.3) is 22.3 Å². The molecule has 5 heteroatoms. The number of aromatic nitrogens is 3. The summed E-state index contributed by atoms with van der Waals surface area (Å²) in [7, 11) is 4.17. The fraction of sp³-hybridized carbons (Fsp3) is 0.278. The molecule has 0 aliphatic carbocycles. The molecule has 0 unspecified atom stereocenters. The minimum absolute atomic E-state index is 0.723. The predicted molar refractivity (Wildman–Crippen MR) is 94.4 cm³/mol. The molecule has 3 aromatic rings. The van der Waals surface area contributed by atoms with E-state index < -0.39 is 0 Å². The Morgan fingerprint density at radius 2 is 1.78 bits per heavy atom. The molecule has 0 saturated heterocycles. The molecule has 0 saturated carbocycles. The van der Waals surface area contributed by atoms with E-state index in [-0.39, 0.29) is 0 Å². The number of nitrogens with one attached hydrogen (secondary N) is 1. The first-order valence-corrected chi connectivity index (χ1v) is 7.80. The van der Waals surface area contributed by atoms with Gasteiger partial charge in [-0.2, -0.15) is 0 Å². The smallest absolute Gasteiger partial charge is 0.162 e. The van der Waals surface area contributed by atoms with Crippen LogP contribution in [0, 0.1) is 0 Å². The Kier molecular flexibility index (Phi) is 4.78. The van der Waals surface area contributed by atoms with Crippen molar-refractivity contribution in [3.63, 3.8) is 0 Å². The maximum absolute atomic E-state index is 4.72. The highest BCUT2D eigenvalue weighted by molar-refractivity contribution is 5.90. The van der Waals surface area contributed by atoms with Gasteiger partial charge in [0.15, 0.2) is 5.82 Å². The molecule has 2 heterocycles. The lowest BCUT2D eigenvalue weighted by Crippen LogP contribution is -2.16. The van der Waals surface area contributed by atoms with Gasteiger partial charge in [0.05, 0.1) is 5.52 Å². The number of anilines is 1. The summed E-state index contributed by atoms with van der Waals surface area (Å²) in [6.45, 7) is 1.93. The first-order valence-electron chi connectivity index (χ1n) is 7.80. The van der Waals surface area contributed by atoms with Crippen LogP contribution in [-0.4, -0.2) is 47.0 Å². The topological polar surface area (TPSA) is 53.9 Å². The average molecular weight is 307 g/mol. The zero-order valence-corrected chi connectivity index (χ0v) is 13.5. The summed E-state index contributed by atoms with van der Waals surface area (Å²) in [5.74, 6) is 1.61. The second kappa shape index (κ2) is 7.15. The molecular weight excluding hydrogens is 286 g/mol. The van der Waals surface area contributed by atoms with Gasteiger partial charge in [-0.25, -0.2) is 9.97 Å². The molecule has 0 aliphatic heterocycles. The van der Waals surface area contributed by atoms with Crippen LogP contribution < -0.4 is 5.32 Å². The van der Waals surface area contributed by atoms with Gasteiger partial charge in [-0.1, -0.05) is 12.1 Å². The summed E-state index contributed by atoms with van der Waals surface area (Å²) in [5, 5.41) is 4.51. The van der Waals surface area contributed by atoms with Gasteiger partial charge >= 0.3 is 0 Å². The Labute approximate surface area is 136 Å². The van der Waals surface area contributed by atoms with Crippen LogP contribution in [0.5, 0.6) is 0 Å². The van der Waals surface area contributed by atoms with Crippen LogP contribution >= 0.6 is 0 Å². The van der Waals surface area contributed by atoms with Gasteiger partial charge in [0, 0.05) is 29.9 Å². The highest BCUT2D eigenvalue weighted by atomic mass is 15.1. The summed E-state index contributed by atoms with van der Waals surface area (Å²) < 4.78 is 0. The van der Waals surface area contributed by atoms with E-state index in [9.17, 15) is 0 Å². The second-order valence-corrected chi connectivity index (χ2v) is 5.73. The maximum atomic E-state index is 4.72. The zero-order valence-electron chi connectivity index (χ0n) is 13.5. The summed E-state index contributed by atoms with van der Waals surface area (Å²) in [5.41, 5.74) is 1.92. The van der Waals surface area contributed by atoms with E-state index in [2.05, 4.69) is 40.3 Å². The molecule has 0 amide bonds. The Morgan fingerprint density at radius 1 is 1.00 bits per heavy atom. The molecule has 0 aliphatic rings. The fourth-order valence-electron chi connectivity index (χ4n) is 2.44. The van der Waals surface area contributed by atoms with Gasteiger partial charge < -0.3 is 10.2 Å². The molecule has 1 aromatic carbocycles. The third kappa shape index (κ3) is 3.81. The van der Waals surface area contributed by atoms with Crippen molar-refractivity contribution in [3.8, 4) is 11.4 Å². The van der Waals surface area contributed by atoms with E-state index in [0.717, 1.165) is 47.6 Å². The minimum atomic E-state index is 0.723. The lowest BCUT2D eigenvalue weighted by Gasteiger charge is -2.12. The van der Waals surface area contributed by atoms with Gasteiger partial charge in [-0.15, -0.1) is 0 Å². The van der Waals surface area contributed by atoms with E-state index in [1.54, 1.807) is 12.4 Å². The van der Waals surface area contributed by atoms with Crippen molar-refractivity contribution in [2.45, 2.75) is 6.42 Å². The van der Waals surface area contributed by atoms with Gasteiger partial charge in [0.2, 0.25) is 0 Å².